The standard InChI is InChI=1S/C16H18ClN3O5/c1-8(21)19-4-2-9(3-5-19)13-7-12(22)10-6-11(17)14(18)15(20(23)24)16(10)25-13/h6,9,13H,2-5,7,18H2,1H3. The first-order valence-corrected chi connectivity index (χ1v) is 8.39. The highest BCUT2D eigenvalue weighted by atomic mass is 35.5. The number of carbonyl (C=O) groups excluding carboxylic acids is 2. The van der Waals surface area contributed by atoms with E-state index < -0.39 is 16.7 Å². The minimum Gasteiger partial charge on any atom is -0.482 e. The number of Topliss-reactive ketones (excluding diaryl/α,β-unsaturated/α-hetero) is 1. The number of nitro groups is 1. The first-order chi connectivity index (χ1) is 11.8. The molecule has 0 spiro atoms. The summed E-state index contributed by atoms with van der Waals surface area (Å²) in [6.07, 6.45) is 1.04. The number of benzene rings is 1. The predicted octanol–water partition coefficient (Wildman–Crippen LogP) is 2.42. The fourth-order valence-electron chi connectivity index (χ4n) is 3.48. The fourth-order valence-corrected chi connectivity index (χ4v) is 3.67. The van der Waals surface area contributed by atoms with Crippen molar-refractivity contribution in [1.82, 2.24) is 4.90 Å². The topological polar surface area (TPSA) is 116 Å². The molecular formula is C16H18ClN3O5. The van der Waals surface area contributed by atoms with Gasteiger partial charge in [-0.25, -0.2) is 0 Å². The molecule has 1 aromatic rings. The van der Waals surface area contributed by atoms with Gasteiger partial charge < -0.3 is 15.4 Å². The number of ether oxygens (including phenoxy) is 1. The molecule has 0 bridgehead atoms. The van der Waals surface area contributed by atoms with E-state index >= 15 is 0 Å². The fraction of sp³-hybridized carbons (Fsp3) is 0.500. The maximum atomic E-state index is 12.5. The van der Waals surface area contributed by atoms with Crippen LogP contribution >= 0.6 is 11.6 Å². The number of halogens is 1. The molecule has 0 aromatic heterocycles. The van der Waals surface area contributed by atoms with Crippen molar-refractivity contribution < 1.29 is 19.2 Å². The van der Waals surface area contributed by atoms with E-state index in [0.717, 1.165) is 0 Å². The summed E-state index contributed by atoms with van der Waals surface area (Å²) in [5.74, 6) is -0.279. The highest BCUT2D eigenvalue weighted by Gasteiger charge is 2.39. The molecule has 0 radical (unpaired) electrons. The third-order valence-electron chi connectivity index (χ3n) is 4.89. The Bertz CT molecular complexity index is 759. The summed E-state index contributed by atoms with van der Waals surface area (Å²) in [6.45, 7) is 2.70. The number of nitrogens with zero attached hydrogens (tertiary/aromatic N) is 2. The van der Waals surface area contributed by atoms with Crippen LogP contribution in [0.2, 0.25) is 5.02 Å². The summed E-state index contributed by atoms with van der Waals surface area (Å²) in [5, 5.41) is 11.4. The molecular weight excluding hydrogens is 350 g/mol. The molecule has 2 heterocycles. The number of hydrogen-bond donors (Lipinski definition) is 1. The Morgan fingerprint density at radius 2 is 2.08 bits per heavy atom. The van der Waals surface area contributed by atoms with E-state index in [1.54, 1.807) is 4.90 Å². The van der Waals surface area contributed by atoms with Crippen LogP contribution < -0.4 is 10.5 Å². The molecule has 1 amide bonds. The van der Waals surface area contributed by atoms with Gasteiger partial charge in [-0.15, -0.1) is 0 Å². The molecule has 3 rings (SSSR count). The largest absolute Gasteiger partial charge is 0.482 e. The molecule has 8 nitrogen and oxygen atoms in total. The minimum atomic E-state index is -0.673. The maximum absolute atomic E-state index is 12.5. The number of nitrogen functional groups attached to an aromatic ring is 1. The molecule has 9 heteroatoms. The molecule has 2 aliphatic rings. The SMILES string of the molecule is CC(=O)N1CCC(C2CC(=O)c3cc(Cl)c(N)c([N+](=O)[O-])c3O2)CC1. The first kappa shape index (κ1) is 17.5. The number of rotatable bonds is 2. The van der Waals surface area contributed by atoms with Gasteiger partial charge in [-0.05, 0) is 24.8 Å². The van der Waals surface area contributed by atoms with Gasteiger partial charge in [0.25, 0.3) is 0 Å². The monoisotopic (exact) mass is 367 g/mol. The maximum Gasteiger partial charge on any atom is 0.335 e. The number of piperidine rings is 1. The van der Waals surface area contributed by atoms with Crippen LogP contribution in [0.1, 0.15) is 36.5 Å². The van der Waals surface area contributed by atoms with Crippen molar-refractivity contribution in [3.63, 3.8) is 0 Å². The Morgan fingerprint density at radius 3 is 2.64 bits per heavy atom. The zero-order chi connectivity index (χ0) is 18.3. The zero-order valence-electron chi connectivity index (χ0n) is 13.7. The van der Waals surface area contributed by atoms with E-state index in [9.17, 15) is 19.7 Å². The first-order valence-electron chi connectivity index (χ1n) is 8.01. The summed E-state index contributed by atoms with van der Waals surface area (Å²) in [7, 11) is 0. The van der Waals surface area contributed by atoms with E-state index in [4.69, 9.17) is 22.1 Å². The molecule has 2 N–H and O–H groups in total. The highest BCUT2D eigenvalue weighted by molar-refractivity contribution is 6.34. The third kappa shape index (κ3) is 3.13. The van der Waals surface area contributed by atoms with Crippen molar-refractivity contribution in [3.05, 3.63) is 26.8 Å². The van der Waals surface area contributed by atoms with Crippen LogP contribution in [-0.4, -0.2) is 40.7 Å². The van der Waals surface area contributed by atoms with Gasteiger partial charge >= 0.3 is 5.69 Å². The Hall–Kier alpha value is -2.35. The van der Waals surface area contributed by atoms with Crippen LogP contribution in [0.5, 0.6) is 5.75 Å². The van der Waals surface area contributed by atoms with Crippen molar-refractivity contribution in [2.24, 2.45) is 5.92 Å². The molecule has 1 fully saturated rings. The average Bonchev–Trinajstić information content (AvgIpc) is 2.56. The summed E-state index contributed by atoms with van der Waals surface area (Å²) in [4.78, 5) is 36.4. The third-order valence-corrected chi connectivity index (χ3v) is 5.21. The van der Waals surface area contributed by atoms with Crippen LogP contribution in [0, 0.1) is 16.0 Å². The van der Waals surface area contributed by atoms with Crippen molar-refractivity contribution in [3.8, 4) is 5.75 Å². The van der Waals surface area contributed by atoms with Gasteiger partial charge in [0, 0.05) is 26.4 Å². The van der Waals surface area contributed by atoms with Gasteiger partial charge in [0.2, 0.25) is 11.7 Å². The number of carbonyl (C=O) groups is 2. The Morgan fingerprint density at radius 1 is 1.44 bits per heavy atom. The number of nitrogens with two attached hydrogens (primary N) is 1. The average molecular weight is 368 g/mol. The summed E-state index contributed by atoms with van der Waals surface area (Å²) in [6, 6.07) is 1.33. The Balaban J connectivity index is 1.88. The summed E-state index contributed by atoms with van der Waals surface area (Å²) >= 11 is 5.92. The zero-order valence-corrected chi connectivity index (χ0v) is 14.4. The van der Waals surface area contributed by atoms with Crippen LogP contribution in [-0.2, 0) is 4.79 Å². The van der Waals surface area contributed by atoms with Crippen molar-refractivity contribution in [2.45, 2.75) is 32.3 Å². The number of ketones is 1. The lowest BCUT2D eigenvalue weighted by molar-refractivity contribution is -0.385. The number of nitro benzene ring substituents is 1. The van der Waals surface area contributed by atoms with Gasteiger partial charge in [-0.3, -0.25) is 19.7 Å². The van der Waals surface area contributed by atoms with Gasteiger partial charge in [0.05, 0.1) is 15.5 Å². The second-order valence-corrected chi connectivity index (χ2v) is 6.79. The van der Waals surface area contributed by atoms with Crippen molar-refractivity contribution in [1.29, 1.82) is 0 Å². The highest BCUT2D eigenvalue weighted by Crippen LogP contribution is 2.45. The normalized spacial score (nSPS) is 20.8. The number of fused-ring (bicyclic) bond motifs is 1. The van der Waals surface area contributed by atoms with Crippen molar-refractivity contribution >= 4 is 34.7 Å². The number of likely N-dealkylation sites (tertiary alicyclic amines) is 1. The summed E-state index contributed by atoms with van der Waals surface area (Å²) < 4.78 is 5.86. The quantitative estimate of drug-likeness (QED) is 0.487. The Kier molecular flexibility index (Phi) is 4.55. The van der Waals surface area contributed by atoms with Crippen LogP contribution in [0.15, 0.2) is 6.07 Å². The van der Waals surface area contributed by atoms with E-state index in [0.29, 0.717) is 25.9 Å². The van der Waals surface area contributed by atoms with Gasteiger partial charge in [0.1, 0.15) is 11.8 Å². The van der Waals surface area contributed by atoms with E-state index in [1.807, 2.05) is 0 Å². The Labute approximate surface area is 149 Å². The molecule has 2 aliphatic heterocycles. The van der Waals surface area contributed by atoms with Gasteiger partial charge in [0.15, 0.2) is 5.78 Å². The van der Waals surface area contributed by atoms with Gasteiger partial charge in [-0.1, -0.05) is 11.6 Å². The second kappa shape index (κ2) is 6.51. The lowest BCUT2D eigenvalue weighted by atomic mass is 9.85. The number of amides is 1. The van der Waals surface area contributed by atoms with Crippen LogP contribution in [0.4, 0.5) is 11.4 Å². The molecule has 25 heavy (non-hydrogen) atoms. The molecule has 1 saturated heterocycles. The summed E-state index contributed by atoms with van der Waals surface area (Å²) in [5.41, 5.74) is 5.16. The molecule has 0 saturated carbocycles. The second-order valence-electron chi connectivity index (χ2n) is 6.38. The molecule has 1 aromatic carbocycles. The lowest BCUT2D eigenvalue weighted by Gasteiger charge is -2.37. The molecule has 1 atom stereocenters. The van der Waals surface area contributed by atoms with Crippen molar-refractivity contribution in [2.75, 3.05) is 18.8 Å². The van der Waals surface area contributed by atoms with E-state index in [1.165, 1.54) is 13.0 Å². The smallest absolute Gasteiger partial charge is 0.335 e. The van der Waals surface area contributed by atoms with Gasteiger partial charge in [-0.2, -0.15) is 0 Å². The molecule has 134 valence electrons. The van der Waals surface area contributed by atoms with Crippen LogP contribution in [0.25, 0.3) is 0 Å². The van der Waals surface area contributed by atoms with E-state index in [2.05, 4.69) is 0 Å². The number of anilines is 1. The lowest BCUT2D eigenvalue weighted by Crippen LogP contribution is -2.43. The van der Waals surface area contributed by atoms with E-state index in [-0.39, 0.29) is 46.1 Å². The number of hydrogen-bond acceptors (Lipinski definition) is 6. The molecule has 1 unspecified atom stereocenters. The predicted molar refractivity (Wildman–Crippen MR) is 90.9 cm³/mol. The molecule has 0 aliphatic carbocycles. The minimum absolute atomic E-state index is 0.0162. The van der Waals surface area contributed by atoms with Crippen LogP contribution in [0.3, 0.4) is 0 Å².